The second-order valence-corrected chi connectivity index (χ2v) is 7.42. The molecule has 150 valence electrons. The summed E-state index contributed by atoms with van der Waals surface area (Å²) in [6, 6.07) is 7.01. The average molecular weight is 485 g/mol. The van der Waals surface area contributed by atoms with Gasteiger partial charge in [-0.25, -0.2) is 0 Å². The topological polar surface area (TPSA) is 69.8 Å². The molecule has 8 heteroatoms. The summed E-state index contributed by atoms with van der Waals surface area (Å²) >= 11 is 0. The van der Waals surface area contributed by atoms with E-state index in [1.165, 1.54) is 0 Å². The molecule has 1 aliphatic rings. The number of fused-ring (bicyclic) bond motifs is 1. The van der Waals surface area contributed by atoms with Crippen molar-refractivity contribution in [3.63, 3.8) is 0 Å². The van der Waals surface area contributed by atoms with Crippen LogP contribution in [0.2, 0.25) is 0 Å². The molecule has 0 spiro atoms. The molecule has 2 atom stereocenters. The van der Waals surface area contributed by atoms with Gasteiger partial charge in [0.05, 0.1) is 0 Å². The van der Waals surface area contributed by atoms with E-state index in [9.17, 15) is 0 Å². The predicted molar refractivity (Wildman–Crippen MR) is 121 cm³/mol. The quantitative estimate of drug-likeness (QED) is 0.284. The summed E-state index contributed by atoms with van der Waals surface area (Å²) in [6.45, 7) is 9.91. The summed E-state index contributed by atoms with van der Waals surface area (Å²) in [7, 11) is 1.83. The van der Waals surface area contributed by atoms with E-state index in [1.54, 1.807) is 0 Å². The Hall–Kier alpha value is -1.42. The SMILES string of the molecule is CN=C(NCCCc1nnc2ccccn12)NC1CN(C(C)C)CC1C.I. The normalized spacial score (nSPS) is 20.9. The summed E-state index contributed by atoms with van der Waals surface area (Å²) < 4.78 is 2.05. The standard InChI is InChI=1S/C19H31N7.HI/c1-14(2)25-12-15(3)16(13-25)22-19(20-4)21-10-7-9-18-24-23-17-8-5-6-11-26(17)18;/h5-6,8,11,14-16H,7,9-10,12-13H2,1-4H3,(H2,20,21,22);1H. The van der Waals surface area contributed by atoms with Crippen LogP contribution in [-0.2, 0) is 6.42 Å². The van der Waals surface area contributed by atoms with Crippen molar-refractivity contribution in [1.82, 2.24) is 30.1 Å². The molecule has 1 fully saturated rings. The Morgan fingerprint density at radius 1 is 1.30 bits per heavy atom. The lowest BCUT2D eigenvalue weighted by atomic mass is 10.1. The van der Waals surface area contributed by atoms with Crippen LogP contribution in [0.1, 0.15) is 33.0 Å². The predicted octanol–water partition coefficient (Wildman–Crippen LogP) is 2.17. The van der Waals surface area contributed by atoms with Gasteiger partial charge in [0, 0.05) is 51.4 Å². The molecule has 2 N–H and O–H groups in total. The number of nitrogens with one attached hydrogen (secondary N) is 2. The molecule has 3 heterocycles. The van der Waals surface area contributed by atoms with Crippen molar-refractivity contribution in [2.45, 2.75) is 45.7 Å². The molecule has 7 nitrogen and oxygen atoms in total. The Balaban J connectivity index is 0.00000261. The van der Waals surface area contributed by atoms with Crippen molar-refractivity contribution in [2.24, 2.45) is 10.9 Å². The third kappa shape index (κ3) is 5.54. The van der Waals surface area contributed by atoms with Crippen LogP contribution < -0.4 is 10.6 Å². The highest BCUT2D eigenvalue weighted by molar-refractivity contribution is 14.0. The number of guanidine groups is 1. The zero-order valence-corrected chi connectivity index (χ0v) is 19.1. The maximum absolute atomic E-state index is 4.38. The minimum Gasteiger partial charge on any atom is -0.356 e. The maximum Gasteiger partial charge on any atom is 0.191 e. The fraction of sp³-hybridized carbons (Fsp3) is 0.632. The molecule has 0 amide bonds. The largest absolute Gasteiger partial charge is 0.356 e. The highest BCUT2D eigenvalue weighted by Gasteiger charge is 2.31. The van der Waals surface area contributed by atoms with E-state index in [0.29, 0.717) is 18.0 Å². The van der Waals surface area contributed by atoms with Gasteiger partial charge in [-0.3, -0.25) is 14.3 Å². The first-order chi connectivity index (χ1) is 12.6. The van der Waals surface area contributed by atoms with Crippen LogP contribution in [-0.4, -0.2) is 64.2 Å². The Morgan fingerprint density at radius 2 is 2.11 bits per heavy atom. The maximum atomic E-state index is 4.38. The van der Waals surface area contributed by atoms with E-state index in [1.807, 2.05) is 35.8 Å². The van der Waals surface area contributed by atoms with E-state index in [4.69, 9.17) is 0 Å². The van der Waals surface area contributed by atoms with Crippen LogP contribution in [0, 0.1) is 5.92 Å². The number of aryl methyl sites for hydroxylation is 1. The monoisotopic (exact) mass is 485 g/mol. The molecule has 2 aromatic rings. The number of aromatic nitrogens is 3. The van der Waals surface area contributed by atoms with E-state index in [2.05, 4.69) is 51.5 Å². The van der Waals surface area contributed by atoms with E-state index < -0.39 is 0 Å². The van der Waals surface area contributed by atoms with Crippen LogP contribution in [0.15, 0.2) is 29.4 Å². The Labute approximate surface area is 179 Å². The third-order valence-corrected chi connectivity index (χ3v) is 5.17. The van der Waals surface area contributed by atoms with Gasteiger partial charge >= 0.3 is 0 Å². The zero-order valence-electron chi connectivity index (χ0n) is 16.7. The molecule has 0 aromatic carbocycles. The summed E-state index contributed by atoms with van der Waals surface area (Å²) in [5.41, 5.74) is 0.901. The van der Waals surface area contributed by atoms with Crippen LogP contribution in [0.5, 0.6) is 0 Å². The smallest absolute Gasteiger partial charge is 0.191 e. The molecule has 3 rings (SSSR count). The molecule has 0 bridgehead atoms. The number of aliphatic imine (C=N–C) groups is 1. The van der Waals surface area contributed by atoms with Crippen molar-refractivity contribution in [1.29, 1.82) is 0 Å². The van der Waals surface area contributed by atoms with Crippen molar-refractivity contribution in [3.05, 3.63) is 30.2 Å². The van der Waals surface area contributed by atoms with E-state index >= 15 is 0 Å². The molecule has 2 aromatic heterocycles. The van der Waals surface area contributed by atoms with Crippen molar-refractivity contribution in [3.8, 4) is 0 Å². The van der Waals surface area contributed by atoms with Gasteiger partial charge in [-0.15, -0.1) is 34.2 Å². The number of likely N-dealkylation sites (tertiary alicyclic amines) is 1. The van der Waals surface area contributed by atoms with Crippen molar-refractivity contribution < 1.29 is 0 Å². The average Bonchev–Trinajstić information content (AvgIpc) is 3.21. The lowest BCUT2D eigenvalue weighted by Crippen LogP contribution is -2.47. The highest BCUT2D eigenvalue weighted by atomic mass is 127. The first kappa shape index (κ1) is 21.9. The number of hydrogen-bond donors (Lipinski definition) is 2. The zero-order chi connectivity index (χ0) is 18.5. The molecular weight excluding hydrogens is 453 g/mol. The molecule has 27 heavy (non-hydrogen) atoms. The van der Waals surface area contributed by atoms with Crippen LogP contribution >= 0.6 is 24.0 Å². The van der Waals surface area contributed by atoms with Gasteiger partial charge in [0.25, 0.3) is 0 Å². The first-order valence-corrected chi connectivity index (χ1v) is 9.58. The fourth-order valence-electron chi connectivity index (χ4n) is 3.50. The lowest BCUT2D eigenvalue weighted by molar-refractivity contribution is 0.265. The van der Waals surface area contributed by atoms with E-state index in [-0.39, 0.29) is 24.0 Å². The van der Waals surface area contributed by atoms with Gasteiger partial charge in [-0.2, -0.15) is 0 Å². The minimum atomic E-state index is 0. The minimum absolute atomic E-state index is 0. The Bertz CT molecular complexity index is 742. The Morgan fingerprint density at radius 3 is 2.81 bits per heavy atom. The molecule has 0 saturated carbocycles. The van der Waals surface area contributed by atoms with Crippen molar-refractivity contribution >= 4 is 35.6 Å². The molecular formula is C19H32IN7. The number of hydrogen-bond acceptors (Lipinski definition) is 4. The van der Waals surface area contributed by atoms with Gasteiger partial charge in [-0.05, 0) is 38.3 Å². The second kappa shape index (κ2) is 10.2. The van der Waals surface area contributed by atoms with Crippen LogP contribution in [0.3, 0.4) is 0 Å². The number of nitrogens with zero attached hydrogens (tertiary/aromatic N) is 5. The van der Waals surface area contributed by atoms with E-state index in [0.717, 1.165) is 49.9 Å². The fourth-order valence-corrected chi connectivity index (χ4v) is 3.50. The Kier molecular flexibility index (Phi) is 8.28. The molecule has 1 saturated heterocycles. The molecule has 0 radical (unpaired) electrons. The number of rotatable bonds is 6. The second-order valence-electron chi connectivity index (χ2n) is 7.42. The number of halogens is 1. The summed E-state index contributed by atoms with van der Waals surface area (Å²) in [5.74, 6) is 2.51. The van der Waals surface area contributed by atoms with Gasteiger partial charge in [0.15, 0.2) is 11.6 Å². The van der Waals surface area contributed by atoms with Crippen LogP contribution in [0.4, 0.5) is 0 Å². The van der Waals surface area contributed by atoms with Gasteiger partial charge in [0.2, 0.25) is 0 Å². The van der Waals surface area contributed by atoms with Crippen LogP contribution in [0.25, 0.3) is 5.65 Å². The molecule has 2 unspecified atom stereocenters. The lowest BCUT2D eigenvalue weighted by Gasteiger charge is -2.21. The van der Waals surface area contributed by atoms with Crippen molar-refractivity contribution in [2.75, 3.05) is 26.7 Å². The first-order valence-electron chi connectivity index (χ1n) is 9.58. The third-order valence-electron chi connectivity index (χ3n) is 5.17. The highest BCUT2D eigenvalue weighted by Crippen LogP contribution is 2.18. The molecule has 0 aliphatic carbocycles. The molecule has 1 aliphatic heterocycles. The summed E-state index contributed by atoms with van der Waals surface area (Å²) in [4.78, 5) is 6.90. The van der Waals surface area contributed by atoms with Gasteiger partial charge < -0.3 is 10.6 Å². The summed E-state index contributed by atoms with van der Waals surface area (Å²) in [6.07, 6.45) is 3.88. The van der Waals surface area contributed by atoms with Gasteiger partial charge in [-0.1, -0.05) is 13.0 Å². The number of pyridine rings is 1. The summed E-state index contributed by atoms with van der Waals surface area (Å²) in [5, 5.41) is 15.5. The van der Waals surface area contributed by atoms with Gasteiger partial charge in [0.1, 0.15) is 5.82 Å².